The van der Waals surface area contributed by atoms with Crippen molar-refractivity contribution in [1.29, 1.82) is 0 Å². The van der Waals surface area contributed by atoms with Gasteiger partial charge in [0.2, 0.25) is 10.0 Å². The van der Waals surface area contributed by atoms with E-state index in [0.29, 0.717) is 11.7 Å². The minimum Gasteiger partial charge on any atom is -0.381 e. The summed E-state index contributed by atoms with van der Waals surface area (Å²) in [6.45, 7) is 0. The second-order valence-corrected chi connectivity index (χ2v) is 7.41. The van der Waals surface area contributed by atoms with Crippen molar-refractivity contribution in [2.45, 2.75) is 18.9 Å². The first kappa shape index (κ1) is 13.5. The van der Waals surface area contributed by atoms with Crippen molar-refractivity contribution in [1.82, 2.24) is 0 Å². The molecule has 2 N–H and O–H groups in total. The first-order chi connectivity index (χ1) is 8.53. The fourth-order valence-corrected chi connectivity index (χ4v) is 3.58. The van der Waals surface area contributed by atoms with Gasteiger partial charge in [0.25, 0.3) is 0 Å². The Bertz CT molecular complexity index is 479. The lowest BCUT2D eigenvalue weighted by atomic mass is 10.1. The number of rotatable bonds is 4. The molecule has 1 atom stereocenters. The molecule has 1 fully saturated rings. The lowest BCUT2D eigenvalue weighted by Gasteiger charge is -2.23. The van der Waals surface area contributed by atoms with E-state index in [9.17, 15) is 8.42 Å². The van der Waals surface area contributed by atoms with Crippen LogP contribution in [0, 0.1) is 0 Å². The third-order valence-electron chi connectivity index (χ3n) is 2.72. The molecule has 2 rings (SSSR count). The molecule has 1 aromatic carbocycles. The summed E-state index contributed by atoms with van der Waals surface area (Å²) in [4.78, 5) is 0. The highest BCUT2D eigenvalue weighted by Crippen LogP contribution is 2.22. The van der Waals surface area contributed by atoms with Crippen molar-refractivity contribution in [2.75, 3.05) is 27.8 Å². The summed E-state index contributed by atoms with van der Waals surface area (Å²) in [5.41, 5.74) is 1.64. The number of benzene rings is 1. The Balaban J connectivity index is 1.94. The van der Waals surface area contributed by atoms with E-state index in [1.54, 1.807) is 12.1 Å². The van der Waals surface area contributed by atoms with Gasteiger partial charge >= 0.3 is 0 Å². The largest absolute Gasteiger partial charge is 0.381 e. The molecule has 4 nitrogen and oxygen atoms in total. The Morgan fingerprint density at radius 1 is 1.22 bits per heavy atom. The maximum Gasteiger partial charge on any atom is 0.229 e. The topological polar surface area (TPSA) is 58.2 Å². The van der Waals surface area contributed by atoms with Crippen molar-refractivity contribution in [3.05, 3.63) is 24.3 Å². The molecule has 1 aliphatic rings. The van der Waals surface area contributed by atoms with Crippen LogP contribution in [-0.2, 0) is 10.0 Å². The van der Waals surface area contributed by atoms with E-state index >= 15 is 0 Å². The van der Waals surface area contributed by atoms with Crippen LogP contribution in [-0.4, -0.2) is 32.2 Å². The zero-order valence-electron chi connectivity index (χ0n) is 10.3. The Kier molecular flexibility index (Phi) is 4.40. The van der Waals surface area contributed by atoms with Crippen molar-refractivity contribution in [2.24, 2.45) is 0 Å². The highest BCUT2D eigenvalue weighted by Gasteiger charge is 2.13. The molecule has 0 spiro atoms. The summed E-state index contributed by atoms with van der Waals surface area (Å²) in [6, 6.07) is 7.90. The minimum atomic E-state index is -3.19. The highest BCUT2D eigenvalue weighted by atomic mass is 32.2. The first-order valence-corrected chi connectivity index (χ1v) is 9.00. The predicted octanol–water partition coefficient (Wildman–Crippen LogP) is 2.37. The van der Waals surface area contributed by atoms with Gasteiger partial charge < -0.3 is 5.32 Å². The van der Waals surface area contributed by atoms with Crippen LogP contribution in [0.2, 0.25) is 0 Å². The maximum absolute atomic E-state index is 11.1. The van der Waals surface area contributed by atoms with Crippen molar-refractivity contribution in [3.63, 3.8) is 0 Å². The third-order valence-corrected chi connectivity index (χ3v) is 4.54. The van der Waals surface area contributed by atoms with Crippen molar-refractivity contribution in [3.8, 4) is 0 Å². The van der Waals surface area contributed by atoms with Gasteiger partial charge in [0.05, 0.1) is 6.26 Å². The van der Waals surface area contributed by atoms with E-state index in [0.717, 1.165) is 17.7 Å². The van der Waals surface area contributed by atoms with Gasteiger partial charge in [-0.2, -0.15) is 11.8 Å². The second kappa shape index (κ2) is 5.84. The average molecular weight is 286 g/mol. The number of thioether (sulfide) groups is 1. The summed E-state index contributed by atoms with van der Waals surface area (Å²) in [5, 5.41) is 3.47. The van der Waals surface area contributed by atoms with E-state index in [1.807, 2.05) is 23.9 Å². The number of nitrogens with one attached hydrogen (secondary N) is 2. The van der Waals surface area contributed by atoms with E-state index in [4.69, 9.17) is 0 Å². The lowest BCUT2D eigenvalue weighted by molar-refractivity contribution is 0.607. The van der Waals surface area contributed by atoms with Gasteiger partial charge in [0.1, 0.15) is 0 Å². The Morgan fingerprint density at radius 2 is 1.89 bits per heavy atom. The van der Waals surface area contributed by atoms with Crippen LogP contribution < -0.4 is 10.0 Å². The van der Waals surface area contributed by atoms with Crippen LogP contribution in [0.1, 0.15) is 12.8 Å². The number of sulfonamides is 1. The molecule has 0 saturated carbocycles. The van der Waals surface area contributed by atoms with Gasteiger partial charge in [-0.25, -0.2) is 8.42 Å². The molecule has 0 radical (unpaired) electrons. The molecular weight excluding hydrogens is 268 g/mol. The zero-order valence-corrected chi connectivity index (χ0v) is 12.0. The third kappa shape index (κ3) is 4.42. The standard InChI is InChI=1S/C12H18N2O2S2/c1-18(15,16)14-11-6-4-10(5-7-11)13-12-3-2-8-17-9-12/h4-7,12-14H,2-3,8-9H2,1H3. The molecule has 0 bridgehead atoms. The molecular formula is C12H18N2O2S2. The predicted molar refractivity (Wildman–Crippen MR) is 78.9 cm³/mol. The van der Waals surface area contributed by atoms with Crippen LogP contribution in [0.15, 0.2) is 24.3 Å². The van der Waals surface area contributed by atoms with E-state index in [1.165, 1.54) is 18.6 Å². The van der Waals surface area contributed by atoms with Crippen LogP contribution in [0.25, 0.3) is 0 Å². The number of hydrogen-bond donors (Lipinski definition) is 2. The SMILES string of the molecule is CS(=O)(=O)Nc1ccc(NC2CCCSC2)cc1. The quantitative estimate of drug-likeness (QED) is 0.892. The number of anilines is 2. The fraction of sp³-hybridized carbons (Fsp3) is 0.500. The number of hydrogen-bond acceptors (Lipinski definition) is 4. The van der Waals surface area contributed by atoms with Gasteiger partial charge in [-0.05, 0) is 42.9 Å². The molecule has 0 aliphatic carbocycles. The smallest absolute Gasteiger partial charge is 0.229 e. The minimum absolute atomic E-state index is 0.525. The van der Waals surface area contributed by atoms with Crippen LogP contribution in [0.4, 0.5) is 11.4 Å². The first-order valence-electron chi connectivity index (χ1n) is 5.95. The average Bonchev–Trinajstić information content (AvgIpc) is 2.31. The van der Waals surface area contributed by atoms with Crippen LogP contribution in [0.3, 0.4) is 0 Å². The Morgan fingerprint density at radius 3 is 2.44 bits per heavy atom. The molecule has 100 valence electrons. The molecule has 0 amide bonds. The molecule has 0 aromatic heterocycles. The summed E-state index contributed by atoms with van der Waals surface area (Å²) in [5.74, 6) is 2.40. The van der Waals surface area contributed by atoms with Gasteiger partial charge in [0.15, 0.2) is 0 Å². The fourth-order valence-electron chi connectivity index (χ4n) is 1.94. The van der Waals surface area contributed by atoms with Gasteiger partial charge in [-0.3, -0.25) is 4.72 Å². The molecule has 1 aromatic rings. The molecule has 1 heterocycles. The molecule has 1 saturated heterocycles. The molecule has 6 heteroatoms. The molecule has 1 unspecified atom stereocenters. The van der Waals surface area contributed by atoms with E-state index in [-0.39, 0.29) is 0 Å². The summed E-state index contributed by atoms with van der Waals surface area (Å²) >= 11 is 1.98. The van der Waals surface area contributed by atoms with E-state index in [2.05, 4.69) is 10.0 Å². The Labute approximate surface area is 113 Å². The Hall–Kier alpha value is -0.880. The summed E-state index contributed by atoms with van der Waals surface area (Å²) in [7, 11) is -3.19. The van der Waals surface area contributed by atoms with E-state index < -0.39 is 10.0 Å². The molecule has 1 aliphatic heterocycles. The highest BCUT2D eigenvalue weighted by molar-refractivity contribution is 7.99. The monoisotopic (exact) mass is 286 g/mol. The van der Waals surface area contributed by atoms with Gasteiger partial charge in [-0.1, -0.05) is 0 Å². The van der Waals surface area contributed by atoms with Gasteiger partial charge in [0, 0.05) is 23.2 Å². The summed E-state index contributed by atoms with van der Waals surface area (Å²) in [6.07, 6.45) is 3.62. The van der Waals surface area contributed by atoms with Crippen molar-refractivity contribution < 1.29 is 8.42 Å². The normalized spacial score (nSPS) is 20.4. The second-order valence-electron chi connectivity index (χ2n) is 4.51. The lowest BCUT2D eigenvalue weighted by Crippen LogP contribution is -2.25. The zero-order chi connectivity index (χ0) is 13.0. The summed E-state index contributed by atoms with van der Waals surface area (Å²) < 4.78 is 24.6. The van der Waals surface area contributed by atoms with Gasteiger partial charge in [-0.15, -0.1) is 0 Å². The maximum atomic E-state index is 11.1. The van der Waals surface area contributed by atoms with Crippen LogP contribution >= 0.6 is 11.8 Å². The molecule has 18 heavy (non-hydrogen) atoms. The van der Waals surface area contributed by atoms with Crippen molar-refractivity contribution >= 4 is 33.2 Å². The van der Waals surface area contributed by atoms with Crippen LogP contribution in [0.5, 0.6) is 0 Å².